The van der Waals surface area contributed by atoms with Gasteiger partial charge in [0.25, 0.3) is 0 Å². The van der Waals surface area contributed by atoms with Gasteiger partial charge >= 0.3 is 6.09 Å². The molecule has 2 aromatic carbocycles. The van der Waals surface area contributed by atoms with Crippen molar-refractivity contribution in [1.82, 2.24) is 14.6 Å². The predicted octanol–water partition coefficient (Wildman–Crippen LogP) is 3.33. The number of carbonyl (C=O) groups is 1. The molecule has 0 aliphatic rings. The van der Waals surface area contributed by atoms with Crippen molar-refractivity contribution < 1.29 is 28.2 Å². The van der Waals surface area contributed by atoms with E-state index in [1.54, 1.807) is 24.5 Å². The molecule has 0 aliphatic heterocycles. The van der Waals surface area contributed by atoms with Gasteiger partial charge in [0.2, 0.25) is 10.0 Å². The summed E-state index contributed by atoms with van der Waals surface area (Å²) in [5.41, 5.74) is 1.57. The molecular weight excluding hydrogens is 494 g/mol. The van der Waals surface area contributed by atoms with Crippen molar-refractivity contribution in [3.63, 3.8) is 0 Å². The normalized spacial score (nSPS) is 13.3. The molecule has 0 spiro atoms. The number of aromatic nitrogens is 1. The number of aromatic hydroxyl groups is 1. The Morgan fingerprint density at radius 1 is 1.00 bits per heavy atom. The van der Waals surface area contributed by atoms with Gasteiger partial charge in [0, 0.05) is 31.0 Å². The zero-order valence-corrected chi connectivity index (χ0v) is 21.7. The summed E-state index contributed by atoms with van der Waals surface area (Å²) in [7, 11) is -3.98. The van der Waals surface area contributed by atoms with Crippen LogP contribution < -0.4 is 5.32 Å². The minimum absolute atomic E-state index is 0.00148. The number of carbonyl (C=O) groups excluding carboxylic acids is 1. The predicted molar refractivity (Wildman–Crippen MR) is 139 cm³/mol. The van der Waals surface area contributed by atoms with Gasteiger partial charge in [-0.3, -0.25) is 4.98 Å². The van der Waals surface area contributed by atoms with Crippen molar-refractivity contribution in [2.75, 3.05) is 13.1 Å². The van der Waals surface area contributed by atoms with Crippen LogP contribution in [0.3, 0.4) is 0 Å². The molecule has 0 bridgehead atoms. The van der Waals surface area contributed by atoms with E-state index < -0.39 is 28.3 Å². The first-order chi connectivity index (χ1) is 17.6. The number of amides is 1. The fraction of sp³-hybridized carbons (Fsp3) is 0.333. The molecule has 2 atom stereocenters. The van der Waals surface area contributed by atoms with Gasteiger partial charge in [0.1, 0.15) is 12.4 Å². The lowest BCUT2D eigenvalue weighted by Crippen LogP contribution is -2.51. The average molecular weight is 528 g/mol. The van der Waals surface area contributed by atoms with Crippen LogP contribution in [0.5, 0.6) is 5.75 Å². The summed E-state index contributed by atoms with van der Waals surface area (Å²) in [5, 5.41) is 23.5. The molecule has 1 aromatic heterocycles. The summed E-state index contributed by atoms with van der Waals surface area (Å²) in [6, 6.07) is 17.2. The molecule has 10 heteroatoms. The third-order valence-electron chi connectivity index (χ3n) is 5.59. The molecule has 0 saturated heterocycles. The van der Waals surface area contributed by atoms with Gasteiger partial charge in [-0.2, -0.15) is 4.31 Å². The highest BCUT2D eigenvalue weighted by atomic mass is 32.2. The van der Waals surface area contributed by atoms with Crippen LogP contribution >= 0.6 is 0 Å². The second kappa shape index (κ2) is 13.2. The number of sulfonamides is 1. The Labute approximate surface area is 217 Å². The van der Waals surface area contributed by atoms with E-state index in [2.05, 4.69) is 10.3 Å². The number of aliphatic hydroxyl groups is 1. The van der Waals surface area contributed by atoms with Crippen LogP contribution in [0.4, 0.5) is 4.79 Å². The topological polar surface area (TPSA) is 129 Å². The maximum Gasteiger partial charge on any atom is 0.407 e. The molecule has 0 aliphatic carbocycles. The highest BCUT2D eigenvalue weighted by Gasteiger charge is 2.31. The third kappa shape index (κ3) is 8.56. The van der Waals surface area contributed by atoms with Crippen LogP contribution in [0.15, 0.2) is 84.0 Å². The van der Waals surface area contributed by atoms with Crippen molar-refractivity contribution in [3.8, 4) is 5.75 Å². The summed E-state index contributed by atoms with van der Waals surface area (Å²) in [6.45, 7) is 3.66. The fourth-order valence-corrected chi connectivity index (χ4v) is 5.38. The van der Waals surface area contributed by atoms with Gasteiger partial charge in [0.15, 0.2) is 0 Å². The van der Waals surface area contributed by atoms with Gasteiger partial charge in [0.05, 0.1) is 17.0 Å². The maximum absolute atomic E-state index is 13.4. The van der Waals surface area contributed by atoms with Crippen molar-refractivity contribution in [2.45, 2.75) is 43.9 Å². The Morgan fingerprint density at radius 2 is 1.68 bits per heavy atom. The number of pyridine rings is 1. The molecule has 0 radical (unpaired) electrons. The summed E-state index contributed by atoms with van der Waals surface area (Å²) >= 11 is 0. The molecule has 1 heterocycles. The van der Waals surface area contributed by atoms with Crippen LogP contribution in [-0.4, -0.2) is 59.2 Å². The zero-order chi connectivity index (χ0) is 26.8. The lowest BCUT2D eigenvalue weighted by molar-refractivity contribution is 0.0873. The second-order valence-corrected chi connectivity index (χ2v) is 11.1. The minimum Gasteiger partial charge on any atom is -0.508 e. The van der Waals surface area contributed by atoms with Crippen LogP contribution in [0, 0.1) is 5.92 Å². The SMILES string of the molecule is CC(C)CN(CC(O)C(Cc1ccccc1)NC(=O)OCc1cccnc1)S(=O)(=O)c1ccc(O)cc1. The van der Waals surface area contributed by atoms with Gasteiger partial charge in [-0.05, 0) is 48.2 Å². The van der Waals surface area contributed by atoms with Crippen LogP contribution in [-0.2, 0) is 27.8 Å². The van der Waals surface area contributed by atoms with Gasteiger partial charge in [-0.1, -0.05) is 50.2 Å². The van der Waals surface area contributed by atoms with Crippen molar-refractivity contribution >= 4 is 16.1 Å². The number of phenols is 1. The molecule has 198 valence electrons. The van der Waals surface area contributed by atoms with E-state index in [4.69, 9.17) is 4.74 Å². The minimum atomic E-state index is -3.98. The first kappa shape index (κ1) is 28.1. The highest BCUT2D eigenvalue weighted by molar-refractivity contribution is 7.89. The Kier molecular flexibility index (Phi) is 10.0. The molecule has 0 saturated carbocycles. The van der Waals surface area contributed by atoms with Crippen LogP contribution in [0.1, 0.15) is 25.0 Å². The Morgan fingerprint density at radius 3 is 2.30 bits per heavy atom. The second-order valence-electron chi connectivity index (χ2n) is 9.16. The molecular formula is C27H33N3O6S. The molecule has 2 unspecified atom stereocenters. The van der Waals surface area contributed by atoms with Gasteiger partial charge in [-0.15, -0.1) is 0 Å². The molecule has 3 aromatic rings. The Bertz CT molecular complexity index is 1220. The Balaban J connectivity index is 1.79. The average Bonchev–Trinajstić information content (AvgIpc) is 2.88. The van der Waals surface area contributed by atoms with E-state index in [1.165, 1.54) is 28.6 Å². The van der Waals surface area contributed by atoms with Crippen molar-refractivity contribution in [2.24, 2.45) is 5.92 Å². The molecule has 3 N–H and O–H groups in total. The molecule has 0 fully saturated rings. The number of nitrogens with zero attached hydrogens (tertiary/aromatic N) is 2. The van der Waals surface area contributed by atoms with Crippen molar-refractivity contribution in [1.29, 1.82) is 0 Å². The summed E-state index contributed by atoms with van der Waals surface area (Å²) < 4.78 is 33.3. The molecule has 1 amide bonds. The van der Waals surface area contributed by atoms with Crippen molar-refractivity contribution in [3.05, 3.63) is 90.3 Å². The number of nitrogens with one attached hydrogen (secondary N) is 1. The zero-order valence-electron chi connectivity index (χ0n) is 20.9. The largest absolute Gasteiger partial charge is 0.508 e. The first-order valence-corrected chi connectivity index (χ1v) is 13.4. The number of aliphatic hydroxyl groups excluding tert-OH is 1. The number of hydrogen-bond acceptors (Lipinski definition) is 7. The Hall–Kier alpha value is -3.47. The van der Waals surface area contributed by atoms with Gasteiger partial charge in [-0.25, -0.2) is 13.2 Å². The maximum atomic E-state index is 13.4. The lowest BCUT2D eigenvalue weighted by Gasteiger charge is -2.30. The van der Waals surface area contributed by atoms with E-state index in [1.807, 2.05) is 44.2 Å². The number of phenolic OH excluding ortho intramolecular Hbond substituents is 1. The van der Waals surface area contributed by atoms with E-state index >= 15 is 0 Å². The number of alkyl carbamates (subject to hydrolysis) is 1. The molecule has 9 nitrogen and oxygen atoms in total. The fourth-order valence-electron chi connectivity index (χ4n) is 3.76. The summed E-state index contributed by atoms with van der Waals surface area (Å²) in [6.07, 6.45) is 1.49. The third-order valence-corrected chi connectivity index (χ3v) is 7.44. The molecule has 37 heavy (non-hydrogen) atoms. The lowest BCUT2D eigenvalue weighted by atomic mass is 10.0. The van der Waals surface area contributed by atoms with E-state index in [9.17, 15) is 23.4 Å². The van der Waals surface area contributed by atoms with E-state index in [0.29, 0.717) is 5.56 Å². The molecule has 3 rings (SSSR count). The van der Waals surface area contributed by atoms with Crippen LogP contribution in [0.25, 0.3) is 0 Å². The van der Waals surface area contributed by atoms with Crippen LogP contribution in [0.2, 0.25) is 0 Å². The monoisotopic (exact) mass is 527 g/mol. The summed E-state index contributed by atoms with van der Waals surface area (Å²) in [4.78, 5) is 16.6. The number of ether oxygens (including phenoxy) is 1. The number of benzene rings is 2. The smallest absolute Gasteiger partial charge is 0.407 e. The quantitative estimate of drug-likeness (QED) is 0.329. The first-order valence-electron chi connectivity index (χ1n) is 12.0. The van der Waals surface area contributed by atoms with E-state index in [0.717, 1.165) is 5.56 Å². The highest BCUT2D eigenvalue weighted by Crippen LogP contribution is 2.21. The number of rotatable bonds is 12. The summed E-state index contributed by atoms with van der Waals surface area (Å²) in [5.74, 6) is -0.0737. The standard InChI is InChI=1S/C27H33N3O6S/c1-20(2)17-30(37(34,35)24-12-10-23(31)11-13-24)18-26(32)25(15-21-7-4-3-5-8-21)29-27(33)36-19-22-9-6-14-28-16-22/h3-14,16,20,25-26,31-32H,15,17-19H2,1-2H3,(H,29,33). The van der Waals surface area contributed by atoms with E-state index in [-0.39, 0.29) is 42.7 Å². The number of hydrogen-bond donors (Lipinski definition) is 3. The van der Waals surface area contributed by atoms with Gasteiger partial charge < -0.3 is 20.3 Å².